The molecule has 7 heteroatoms. The summed E-state index contributed by atoms with van der Waals surface area (Å²) in [6, 6.07) is 3.59. The lowest BCUT2D eigenvalue weighted by atomic mass is 10.1. The van der Waals surface area contributed by atoms with Crippen LogP contribution in [0.3, 0.4) is 0 Å². The highest BCUT2D eigenvalue weighted by molar-refractivity contribution is 6.31. The van der Waals surface area contributed by atoms with Gasteiger partial charge in [-0.25, -0.2) is 4.68 Å². The number of rotatable bonds is 1. The van der Waals surface area contributed by atoms with E-state index in [9.17, 15) is 13.2 Å². The van der Waals surface area contributed by atoms with Crippen LogP contribution in [0, 0.1) is 6.92 Å². The highest BCUT2D eigenvalue weighted by Crippen LogP contribution is 2.34. The molecular weight excluding hydrogens is 267 g/mol. The molecule has 0 fully saturated rings. The zero-order valence-corrected chi connectivity index (χ0v) is 10.0. The van der Waals surface area contributed by atoms with Crippen molar-refractivity contribution in [3.63, 3.8) is 0 Å². The number of nitrogens with zero attached hydrogens (tertiary/aromatic N) is 2. The number of aromatic nitrogens is 2. The van der Waals surface area contributed by atoms with E-state index in [1.165, 1.54) is 23.0 Å². The molecular formula is C11H9ClF3N3. The molecule has 3 nitrogen and oxygen atoms in total. The molecule has 0 bridgehead atoms. The maximum atomic E-state index is 12.7. The summed E-state index contributed by atoms with van der Waals surface area (Å²) in [7, 11) is 0. The summed E-state index contributed by atoms with van der Waals surface area (Å²) in [5.74, 6) is 0. The normalized spacial score (nSPS) is 11.8. The first-order valence-corrected chi connectivity index (χ1v) is 5.35. The molecule has 96 valence electrons. The number of anilines is 1. The Morgan fingerprint density at radius 1 is 1.33 bits per heavy atom. The molecule has 2 N–H and O–H groups in total. The van der Waals surface area contributed by atoms with Crippen LogP contribution in [-0.2, 0) is 6.18 Å². The molecule has 0 spiro atoms. The predicted molar refractivity (Wildman–Crippen MR) is 62.7 cm³/mol. The Morgan fingerprint density at radius 3 is 2.50 bits per heavy atom. The maximum Gasteiger partial charge on any atom is 0.418 e. The van der Waals surface area contributed by atoms with Crippen molar-refractivity contribution >= 4 is 17.3 Å². The zero-order chi connectivity index (χ0) is 13.5. The average Bonchev–Trinajstić information content (AvgIpc) is 2.58. The summed E-state index contributed by atoms with van der Waals surface area (Å²) in [6.45, 7) is 1.67. The minimum absolute atomic E-state index is 0.256. The van der Waals surface area contributed by atoms with Gasteiger partial charge in [0.15, 0.2) is 0 Å². The van der Waals surface area contributed by atoms with Crippen molar-refractivity contribution in [2.45, 2.75) is 13.1 Å². The second-order valence-corrected chi connectivity index (χ2v) is 4.18. The van der Waals surface area contributed by atoms with Crippen molar-refractivity contribution in [2.75, 3.05) is 5.73 Å². The fourth-order valence-electron chi connectivity index (χ4n) is 1.50. The van der Waals surface area contributed by atoms with Gasteiger partial charge in [-0.2, -0.15) is 18.3 Å². The molecule has 0 aliphatic heterocycles. The van der Waals surface area contributed by atoms with Gasteiger partial charge in [0.1, 0.15) is 0 Å². The number of nitrogen functional groups attached to an aromatic ring is 1. The molecule has 1 aromatic carbocycles. The molecule has 1 heterocycles. The van der Waals surface area contributed by atoms with E-state index in [1.54, 1.807) is 6.92 Å². The summed E-state index contributed by atoms with van der Waals surface area (Å²) < 4.78 is 39.4. The molecule has 18 heavy (non-hydrogen) atoms. The lowest BCUT2D eigenvalue weighted by Gasteiger charge is -2.11. The van der Waals surface area contributed by atoms with Gasteiger partial charge in [-0.05, 0) is 25.1 Å². The summed E-state index contributed by atoms with van der Waals surface area (Å²) in [5, 5.41) is 4.40. The minimum atomic E-state index is -4.49. The molecule has 0 saturated carbocycles. The van der Waals surface area contributed by atoms with Gasteiger partial charge in [0.25, 0.3) is 0 Å². The lowest BCUT2D eigenvalue weighted by Crippen LogP contribution is -2.10. The van der Waals surface area contributed by atoms with Gasteiger partial charge in [-0.1, -0.05) is 11.6 Å². The van der Waals surface area contributed by atoms with E-state index >= 15 is 0 Å². The third-order valence-corrected chi connectivity index (χ3v) is 2.82. The van der Waals surface area contributed by atoms with Gasteiger partial charge in [-0.3, -0.25) is 0 Å². The quantitative estimate of drug-likeness (QED) is 0.810. The smallest absolute Gasteiger partial charge is 0.398 e. The van der Waals surface area contributed by atoms with E-state index < -0.39 is 11.7 Å². The Balaban J connectivity index is 2.54. The highest BCUT2D eigenvalue weighted by Gasteiger charge is 2.33. The molecule has 0 atom stereocenters. The van der Waals surface area contributed by atoms with E-state index in [1.807, 2.05) is 0 Å². The van der Waals surface area contributed by atoms with Crippen molar-refractivity contribution in [3.05, 3.63) is 40.7 Å². The first-order valence-electron chi connectivity index (χ1n) is 4.98. The molecule has 2 rings (SSSR count). The van der Waals surface area contributed by atoms with E-state index in [0.29, 0.717) is 10.7 Å². The Labute approximate surface area is 106 Å². The largest absolute Gasteiger partial charge is 0.418 e. The molecule has 2 aromatic rings. The first kappa shape index (κ1) is 12.8. The van der Waals surface area contributed by atoms with Gasteiger partial charge >= 0.3 is 6.18 Å². The van der Waals surface area contributed by atoms with E-state index in [-0.39, 0.29) is 11.4 Å². The van der Waals surface area contributed by atoms with Crippen LogP contribution in [-0.4, -0.2) is 9.78 Å². The van der Waals surface area contributed by atoms with Crippen LogP contribution in [0.25, 0.3) is 5.69 Å². The Kier molecular flexibility index (Phi) is 2.98. The van der Waals surface area contributed by atoms with Crippen LogP contribution in [0.4, 0.5) is 18.9 Å². The van der Waals surface area contributed by atoms with Crippen molar-refractivity contribution in [2.24, 2.45) is 0 Å². The lowest BCUT2D eigenvalue weighted by molar-refractivity contribution is -0.136. The fraction of sp³-hybridized carbons (Fsp3) is 0.182. The number of nitrogens with two attached hydrogens (primary N) is 1. The first-order chi connectivity index (χ1) is 8.29. The molecule has 0 amide bonds. The van der Waals surface area contributed by atoms with Crippen LogP contribution >= 0.6 is 11.6 Å². The monoisotopic (exact) mass is 275 g/mol. The van der Waals surface area contributed by atoms with Crippen LogP contribution in [0.15, 0.2) is 24.4 Å². The van der Waals surface area contributed by atoms with E-state index in [2.05, 4.69) is 5.10 Å². The second-order valence-electron chi connectivity index (χ2n) is 3.78. The number of halogens is 4. The molecule has 0 saturated heterocycles. The third-order valence-electron chi connectivity index (χ3n) is 2.45. The Bertz CT molecular complexity index is 570. The summed E-state index contributed by atoms with van der Waals surface area (Å²) in [4.78, 5) is 0. The van der Waals surface area contributed by atoms with Gasteiger partial charge in [0.2, 0.25) is 0 Å². The van der Waals surface area contributed by atoms with Crippen molar-refractivity contribution in [1.29, 1.82) is 0 Å². The average molecular weight is 276 g/mol. The van der Waals surface area contributed by atoms with Gasteiger partial charge < -0.3 is 5.73 Å². The van der Waals surface area contributed by atoms with Gasteiger partial charge in [0, 0.05) is 11.9 Å². The molecule has 0 aliphatic rings. The van der Waals surface area contributed by atoms with Crippen molar-refractivity contribution in [1.82, 2.24) is 9.78 Å². The minimum Gasteiger partial charge on any atom is -0.398 e. The van der Waals surface area contributed by atoms with Crippen LogP contribution < -0.4 is 5.73 Å². The maximum absolute atomic E-state index is 12.7. The molecule has 0 radical (unpaired) electrons. The summed E-state index contributed by atoms with van der Waals surface area (Å²) in [5.41, 5.74) is 4.91. The van der Waals surface area contributed by atoms with Crippen LogP contribution in [0.2, 0.25) is 5.02 Å². The fourth-order valence-corrected chi connectivity index (χ4v) is 1.63. The van der Waals surface area contributed by atoms with Crippen molar-refractivity contribution in [3.8, 4) is 5.69 Å². The highest BCUT2D eigenvalue weighted by atomic mass is 35.5. The Hall–Kier alpha value is -1.69. The SMILES string of the molecule is Cc1nn(-c2ccc(N)c(C(F)(F)F)c2)cc1Cl. The van der Waals surface area contributed by atoms with Gasteiger partial charge in [-0.15, -0.1) is 0 Å². The number of hydrogen-bond donors (Lipinski definition) is 1. The number of hydrogen-bond acceptors (Lipinski definition) is 2. The van der Waals surface area contributed by atoms with Crippen molar-refractivity contribution < 1.29 is 13.2 Å². The zero-order valence-electron chi connectivity index (χ0n) is 9.29. The van der Waals surface area contributed by atoms with E-state index in [4.69, 9.17) is 17.3 Å². The standard InChI is InChI=1S/C11H9ClF3N3/c1-6-9(12)5-18(17-6)7-2-3-10(16)8(4-7)11(13,14)15/h2-5H,16H2,1H3. The summed E-state index contributed by atoms with van der Waals surface area (Å²) in [6.07, 6.45) is -3.05. The molecule has 0 unspecified atom stereocenters. The van der Waals surface area contributed by atoms with Gasteiger partial charge in [0.05, 0.1) is 22.0 Å². The Morgan fingerprint density at radius 2 is 2.00 bits per heavy atom. The number of aryl methyl sites for hydroxylation is 1. The molecule has 1 aromatic heterocycles. The summed E-state index contributed by atoms with van der Waals surface area (Å²) >= 11 is 5.81. The third kappa shape index (κ3) is 2.28. The second kappa shape index (κ2) is 4.20. The topological polar surface area (TPSA) is 43.8 Å². The molecule has 0 aliphatic carbocycles. The van der Waals surface area contributed by atoms with Crippen LogP contribution in [0.1, 0.15) is 11.3 Å². The predicted octanol–water partition coefficient (Wildman–Crippen LogP) is 3.44. The number of benzene rings is 1. The van der Waals surface area contributed by atoms with E-state index in [0.717, 1.165) is 6.07 Å². The van der Waals surface area contributed by atoms with Crippen LogP contribution in [0.5, 0.6) is 0 Å². The number of alkyl halides is 3.